The van der Waals surface area contributed by atoms with Gasteiger partial charge in [-0.2, -0.15) is 0 Å². The highest BCUT2D eigenvalue weighted by Gasteiger charge is 2.38. The summed E-state index contributed by atoms with van der Waals surface area (Å²) in [4.78, 5) is 34.8. The monoisotopic (exact) mass is 739 g/mol. The summed E-state index contributed by atoms with van der Waals surface area (Å²) in [6.45, 7) is 6.83. The Morgan fingerprint density at radius 3 is 2.26 bits per heavy atom. The first-order chi connectivity index (χ1) is 23.5. The van der Waals surface area contributed by atoms with Crippen LogP contribution in [0, 0.1) is 11.8 Å². The van der Waals surface area contributed by atoms with Crippen molar-refractivity contribution in [3.63, 3.8) is 0 Å². The van der Waals surface area contributed by atoms with Gasteiger partial charge in [0, 0.05) is 25.2 Å². The number of sulfonamides is 1. The molecule has 2 amide bonds. The minimum Gasteiger partial charge on any atom is -0.389 e. The minimum absolute atomic E-state index is 0.00684. The number of aliphatic hydroxyl groups excluding tert-OH is 2. The van der Waals surface area contributed by atoms with Gasteiger partial charge in [0.2, 0.25) is 21.8 Å². The van der Waals surface area contributed by atoms with E-state index in [1.54, 1.807) is 51.2 Å². The molecule has 5 atom stereocenters. The maximum atomic E-state index is 14.0. The third-order valence-corrected chi connectivity index (χ3v) is 13.5. The van der Waals surface area contributed by atoms with Gasteiger partial charge in [0.15, 0.2) is 9.84 Å². The number of aromatic nitrogens is 2. The van der Waals surface area contributed by atoms with E-state index in [-0.39, 0.29) is 25.3 Å². The number of rotatable bonds is 20. The lowest BCUT2D eigenvalue weighted by Gasteiger charge is -2.34. The summed E-state index contributed by atoms with van der Waals surface area (Å²) in [6.07, 6.45) is 6.51. The fourth-order valence-electron chi connectivity index (χ4n) is 6.19. The van der Waals surface area contributed by atoms with Crippen LogP contribution in [0.3, 0.4) is 0 Å². The van der Waals surface area contributed by atoms with E-state index in [1.807, 2.05) is 13.0 Å². The summed E-state index contributed by atoms with van der Waals surface area (Å²) >= 11 is 0. The zero-order valence-corrected chi connectivity index (χ0v) is 31.4. The fraction of sp³-hybridized carbons (Fsp3) is 0.686. The van der Waals surface area contributed by atoms with Crippen molar-refractivity contribution in [2.75, 3.05) is 18.1 Å². The van der Waals surface area contributed by atoms with Gasteiger partial charge in [-0.05, 0) is 51.5 Å². The Balaban J connectivity index is 1.88. The number of carbonyl (C=O) groups is 2. The van der Waals surface area contributed by atoms with E-state index in [2.05, 4.69) is 25.3 Å². The van der Waals surface area contributed by atoms with E-state index in [4.69, 9.17) is 0 Å². The number of nitrogens with one attached hydrogen (secondary N) is 4. The fourth-order valence-corrected chi connectivity index (χ4v) is 8.71. The first kappa shape index (κ1) is 41.7. The molecule has 6 N–H and O–H groups in total. The average molecular weight is 740 g/mol. The Morgan fingerprint density at radius 2 is 1.66 bits per heavy atom. The van der Waals surface area contributed by atoms with Crippen LogP contribution in [0.5, 0.6) is 0 Å². The number of amides is 2. The van der Waals surface area contributed by atoms with Crippen LogP contribution >= 0.6 is 0 Å². The average Bonchev–Trinajstić information content (AvgIpc) is 3.57. The molecule has 1 aromatic carbocycles. The van der Waals surface area contributed by atoms with Crippen LogP contribution in [0.2, 0.25) is 0 Å². The van der Waals surface area contributed by atoms with Crippen molar-refractivity contribution >= 4 is 31.7 Å². The molecule has 1 unspecified atom stereocenters. The zero-order chi connectivity index (χ0) is 37.0. The highest BCUT2D eigenvalue weighted by Crippen LogP contribution is 2.29. The first-order valence-electron chi connectivity index (χ1n) is 17.7. The number of benzene rings is 1. The number of aliphatic hydroxyl groups is 2. The molecule has 3 rings (SSSR count). The molecule has 1 aromatic heterocycles. The highest BCUT2D eigenvalue weighted by molar-refractivity contribution is 7.92. The molecule has 1 heterocycles. The molecule has 13 nitrogen and oxygen atoms in total. The third-order valence-electron chi connectivity index (χ3n) is 9.36. The minimum atomic E-state index is -3.90. The molecule has 1 aliphatic rings. The second-order valence-electron chi connectivity index (χ2n) is 14.6. The van der Waals surface area contributed by atoms with Crippen molar-refractivity contribution in [3.8, 4) is 0 Å². The van der Waals surface area contributed by atoms with Crippen LogP contribution < -0.4 is 15.4 Å². The molecular weight excluding hydrogens is 683 g/mol. The van der Waals surface area contributed by atoms with E-state index in [0.717, 1.165) is 44.1 Å². The SMILES string of the molecule is CCCCNS(=O)(=O)C[C@H](O)[C@H](O)[C@H](CC1CCCCC1)N[C@@H](Cc1c[nH]cn1)C(=O)NC(=O)C(Cc1ccccc1)CS(=O)(=O)C(C)(C)C. The molecule has 0 saturated heterocycles. The highest BCUT2D eigenvalue weighted by atomic mass is 32.2. The van der Waals surface area contributed by atoms with E-state index in [1.165, 1.54) is 6.33 Å². The van der Waals surface area contributed by atoms with E-state index in [0.29, 0.717) is 18.5 Å². The lowest BCUT2D eigenvalue weighted by atomic mass is 9.83. The number of imide groups is 1. The maximum absolute atomic E-state index is 14.0. The van der Waals surface area contributed by atoms with Gasteiger partial charge in [-0.25, -0.2) is 26.5 Å². The lowest BCUT2D eigenvalue weighted by Crippen LogP contribution is -2.58. The maximum Gasteiger partial charge on any atom is 0.244 e. The quantitative estimate of drug-likeness (QED) is 0.109. The lowest BCUT2D eigenvalue weighted by molar-refractivity contribution is -0.133. The molecule has 2 aromatic rings. The van der Waals surface area contributed by atoms with Gasteiger partial charge in [0.25, 0.3) is 0 Å². The van der Waals surface area contributed by atoms with E-state index in [9.17, 15) is 36.6 Å². The third kappa shape index (κ3) is 13.5. The summed E-state index contributed by atoms with van der Waals surface area (Å²) in [5.41, 5.74) is 1.22. The van der Waals surface area contributed by atoms with Crippen molar-refractivity contribution in [3.05, 3.63) is 54.1 Å². The van der Waals surface area contributed by atoms with Crippen molar-refractivity contribution in [1.29, 1.82) is 0 Å². The molecule has 0 spiro atoms. The topological polar surface area (TPSA) is 208 Å². The largest absolute Gasteiger partial charge is 0.389 e. The second-order valence-corrected chi connectivity index (χ2v) is 19.2. The van der Waals surface area contributed by atoms with Gasteiger partial charge in [-0.3, -0.25) is 14.9 Å². The number of H-pyrrole nitrogens is 1. The normalized spacial score (nSPS) is 17.8. The Bertz CT molecular complexity index is 1540. The van der Waals surface area contributed by atoms with Crippen LogP contribution in [-0.2, 0) is 42.3 Å². The van der Waals surface area contributed by atoms with Crippen molar-refractivity contribution in [1.82, 2.24) is 25.3 Å². The molecule has 15 heteroatoms. The molecular formula is C35H57N5O8S2. The molecule has 0 radical (unpaired) electrons. The molecule has 1 saturated carbocycles. The first-order valence-corrected chi connectivity index (χ1v) is 21.0. The Kier molecular flexibility index (Phi) is 16.1. The number of aromatic amines is 1. The van der Waals surface area contributed by atoms with Crippen molar-refractivity contribution < 1.29 is 36.6 Å². The summed E-state index contributed by atoms with van der Waals surface area (Å²) in [6, 6.07) is 6.91. The predicted octanol–water partition coefficient (Wildman–Crippen LogP) is 2.41. The Morgan fingerprint density at radius 1 is 0.980 bits per heavy atom. The summed E-state index contributed by atoms with van der Waals surface area (Å²) in [5.74, 6) is -3.62. The number of unbranched alkanes of at least 4 members (excludes halogenated alkanes) is 1. The zero-order valence-electron chi connectivity index (χ0n) is 29.8. The molecule has 50 heavy (non-hydrogen) atoms. The molecule has 1 fully saturated rings. The number of sulfone groups is 1. The van der Waals surface area contributed by atoms with Crippen LogP contribution in [0.1, 0.15) is 90.3 Å². The van der Waals surface area contributed by atoms with E-state index >= 15 is 0 Å². The number of hydrogen-bond donors (Lipinski definition) is 6. The number of hydrogen-bond acceptors (Lipinski definition) is 10. The Labute approximate surface area is 297 Å². The van der Waals surface area contributed by atoms with Crippen LogP contribution in [0.25, 0.3) is 0 Å². The van der Waals surface area contributed by atoms with Gasteiger partial charge >= 0.3 is 0 Å². The second kappa shape index (κ2) is 19.2. The Hall–Kier alpha value is -2.69. The van der Waals surface area contributed by atoms with Gasteiger partial charge < -0.3 is 20.5 Å². The smallest absolute Gasteiger partial charge is 0.244 e. The van der Waals surface area contributed by atoms with Crippen LogP contribution in [-0.4, -0.2) is 95.9 Å². The summed E-state index contributed by atoms with van der Waals surface area (Å²) in [5, 5.41) is 28.1. The number of carbonyl (C=O) groups excluding carboxylic acids is 2. The van der Waals surface area contributed by atoms with Crippen molar-refractivity contribution in [2.45, 2.75) is 121 Å². The molecule has 282 valence electrons. The predicted molar refractivity (Wildman–Crippen MR) is 193 cm³/mol. The van der Waals surface area contributed by atoms with Gasteiger partial charge in [-0.1, -0.05) is 75.8 Å². The van der Waals surface area contributed by atoms with Gasteiger partial charge in [-0.15, -0.1) is 0 Å². The van der Waals surface area contributed by atoms with Gasteiger partial charge in [0.05, 0.1) is 52.4 Å². The van der Waals surface area contributed by atoms with Crippen molar-refractivity contribution in [2.24, 2.45) is 11.8 Å². The van der Waals surface area contributed by atoms with Crippen LogP contribution in [0.4, 0.5) is 0 Å². The van der Waals surface area contributed by atoms with Gasteiger partial charge in [0.1, 0.15) is 0 Å². The van der Waals surface area contributed by atoms with Crippen LogP contribution in [0.15, 0.2) is 42.9 Å². The number of imidazole rings is 1. The summed E-state index contributed by atoms with van der Waals surface area (Å²) in [7, 11) is -7.66. The van der Waals surface area contributed by atoms with E-state index < -0.39 is 78.1 Å². The molecule has 1 aliphatic carbocycles. The molecule has 0 aliphatic heterocycles. The molecule has 0 bridgehead atoms. The summed E-state index contributed by atoms with van der Waals surface area (Å²) < 4.78 is 53.2. The number of nitrogens with zero attached hydrogens (tertiary/aromatic N) is 1. The standard InChI is InChI=1S/C35H57N5O8S2/c1-5-6-17-38-50(47,48)23-31(41)32(42)29(19-26-15-11-8-12-16-26)39-30(20-28-21-36-24-37-28)34(44)40-33(43)27(18-25-13-9-7-10-14-25)22-49(45,46)35(2,3)4/h7,9-10,13-14,21,24,26-27,29-32,38-39,41-42H,5-6,8,11-12,15-20,22-23H2,1-4H3,(H,36,37)(H,40,43,44)/t27?,29-,30-,31-,32+/m0/s1.